The van der Waals surface area contributed by atoms with Crippen LogP contribution >= 0.6 is 15.9 Å². The molecule has 5 nitrogen and oxygen atoms in total. The van der Waals surface area contributed by atoms with E-state index in [1.54, 1.807) is 12.1 Å². The van der Waals surface area contributed by atoms with Gasteiger partial charge in [0.25, 0.3) is 0 Å². The Morgan fingerprint density at radius 3 is 2.76 bits per heavy atom. The predicted octanol–water partition coefficient (Wildman–Crippen LogP) is 3.45. The Morgan fingerprint density at radius 1 is 1.20 bits per heavy atom. The van der Waals surface area contributed by atoms with E-state index >= 15 is 0 Å². The molecular weight excluding hydrogens is 384 g/mol. The van der Waals surface area contributed by atoms with Gasteiger partial charge in [-0.25, -0.2) is 0 Å². The number of amides is 2. The second kappa shape index (κ2) is 7.70. The van der Waals surface area contributed by atoms with Crippen LogP contribution in [0.15, 0.2) is 53.0 Å². The molecule has 1 fully saturated rings. The van der Waals surface area contributed by atoms with Crippen LogP contribution in [0.1, 0.15) is 24.3 Å². The first-order valence-electron chi connectivity index (χ1n) is 8.11. The summed E-state index contributed by atoms with van der Waals surface area (Å²) in [4.78, 5) is 23.3. The summed E-state index contributed by atoms with van der Waals surface area (Å²) in [6.07, 6.45) is 0.975. The van der Waals surface area contributed by atoms with Crippen molar-refractivity contribution in [3.05, 3.63) is 58.6 Å². The molecule has 2 atom stereocenters. The molecule has 0 saturated heterocycles. The first-order valence-corrected chi connectivity index (χ1v) is 8.90. The maximum atomic E-state index is 12.5. The molecule has 2 aromatic rings. The number of rotatable bonds is 7. The van der Waals surface area contributed by atoms with Crippen molar-refractivity contribution in [1.82, 2.24) is 0 Å². The van der Waals surface area contributed by atoms with Gasteiger partial charge in [0.05, 0.1) is 18.7 Å². The van der Waals surface area contributed by atoms with E-state index in [2.05, 4.69) is 27.3 Å². The lowest BCUT2D eigenvalue weighted by Crippen LogP contribution is -2.17. The second-order valence-electron chi connectivity index (χ2n) is 6.05. The highest BCUT2D eigenvalue weighted by molar-refractivity contribution is 9.10. The lowest BCUT2D eigenvalue weighted by molar-refractivity contribution is -0.119. The van der Waals surface area contributed by atoms with Gasteiger partial charge >= 0.3 is 0 Å². The Kier molecular flexibility index (Phi) is 5.38. The normalized spacial score (nSPS) is 18.4. The van der Waals surface area contributed by atoms with Crippen LogP contribution < -0.4 is 15.8 Å². The fraction of sp³-hybridized carbons (Fsp3) is 0.263. The van der Waals surface area contributed by atoms with Crippen LogP contribution in [-0.2, 0) is 9.59 Å². The summed E-state index contributed by atoms with van der Waals surface area (Å²) in [5.74, 6) is 0.317. The predicted molar refractivity (Wildman–Crippen MR) is 99.4 cm³/mol. The molecule has 2 amide bonds. The third-order valence-electron chi connectivity index (χ3n) is 4.15. The number of anilines is 1. The van der Waals surface area contributed by atoms with Crippen molar-refractivity contribution in [2.75, 3.05) is 11.9 Å². The van der Waals surface area contributed by atoms with Gasteiger partial charge in [-0.3, -0.25) is 9.59 Å². The zero-order valence-corrected chi connectivity index (χ0v) is 15.2. The molecule has 3 rings (SSSR count). The maximum Gasteiger partial charge on any atom is 0.228 e. The molecule has 0 bridgehead atoms. The van der Waals surface area contributed by atoms with E-state index in [1.165, 1.54) is 5.56 Å². The van der Waals surface area contributed by atoms with E-state index in [0.29, 0.717) is 11.4 Å². The molecule has 0 radical (unpaired) electrons. The highest BCUT2D eigenvalue weighted by Gasteiger charge is 2.44. The van der Waals surface area contributed by atoms with E-state index in [0.717, 1.165) is 10.9 Å². The van der Waals surface area contributed by atoms with Crippen LogP contribution in [0.4, 0.5) is 5.69 Å². The lowest BCUT2D eigenvalue weighted by atomic mass is 10.1. The molecule has 6 heteroatoms. The second-order valence-corrected chi connectivity index (χ2v) is 6.97. The van der Waals surface area contributed by atoms with Crippen molar-refractivity contribution < 1.29 is 14.3 Å². The summed E-state index contributed by atoms with van der Waals surface area (Å²) in [6, 6.07) is 15.2. The maximum absolute atomic E-state index is 12.5. The first kappa shape index (κ1) is 17.5. The zero-order valence-electron chi connectivity index (χ0n) is 13.6. The standard InChI is InChI=1S/C19H19BrN2O3/c20-13-5-3-4-12(10-13)14-11-15(14)19(24)22-16-6-1-2-7-17(16)25-9-8-18(21)23/h1-7,10,14-15H,8-9,11H2,(H2,21,23)(H,22,24). The van der Waals surface area contributed by atoms with Gasteiger partial charge < -0.3 is 15.8 Å². The van der Waals surface area contributed by atoms with E-state index in [1.807, 2.05) is 30.3 Å². The first-order chi connectivity index (χ1) is 12.0. The smallest absolute Gasteiger partial charge is 0.228 e. The summed E-state index contributed by atoms with van der Waals surface area (Å²) in [6.45, 7) is 0.187. The minimum absolute atomic E-state index is 0.0177. The third-order valence-corrected chi connectivity index (χ3v) is 4.65. The number of carbonyl (C=O) groups is 2. The Bertz CT molecular complexity index is 794. The topological polar surface area (TPSA) is 81.4 Å². The van der Waals surface area contributed by atoms with Gasteiger partial charge in [-0.2, -0.15) is 0 Å². The molecule has 0 aliphatic heterocycles. The molecule has 2 aromatic carbocycles. The van der Waals surface area contributed by atoms with Gasteiger partial charge in [-0.1, -0.05) is 40.2 Å². The lowest BCUT2D eigenvalue weighted by Gasteiger charge is -2.12. The Morgan fingerprint density at radius 2 is 2.00 bits per heavy atom. The summed E-state index contributed by atoms with van der Waals surface area (Å²) >= 11 is 3.46. The van der Waals surface area contributed by atoms with Crippen LogP contribution in [-0.4, -0.2) is 18.4 Å². The monoisotopic (exact) mass is 402 g/mol. The van der Waals surface area contributed by atoms with Crippen molar-refractivity contribution in [2.45, 2.75) is 18.8 Å². The van der Waals surface area contributed by atoms with Crippen molar-refractivity contribution >= 4 is 33.4 Å². The number of nitrogens with one attached hydrogen (secondary N) is 1. The molecule has 0 aromatic heterocycles. The highest BCUT2D eigenvalue weighted by Crippen LogP contribution is 2.48. The van der Waals surface area contributed by atoms with Gasteiger partial charge in [0.2, 0.25) is 11.8 Å². The molecule has 130 valence electrons. The molecule has 1 saturated carbocycles. The SMILES string of the molecule is NC(=O)CCOc1ccccc1NC(=O)C1CC1c1cccc(Br)c1. The van der Waals surface area contributed by atoms with Crippen LogP contribution in [0, 0.1) is 5.92 Å². The van der Waals surface area contributed by atoms with E-state index in [-0.39, 0.29) is 30.8 Å². The van der Waals surface area contributed by atoms with Crippen LogP contribution in [0.2, 0.25) is 0 Å². The summed E-state index contributed by atoms with van der Waals surface area (Å²) in [5, 5.41) is 2.93. The number of nitrogens with two attached hydrogens (primary N) is 1. The van der Waals surface area contributed by atoms with Gasteiger partial charge in [0.15, 0.2) is 0 Å². The Labute approximate surface area is 154 Å². The fourth-order valence-corrected chi connectivity index (χ4v) is 3.19. The average Bonchev–Trinajstić information content (AvgIpc) is 3.37. The largest absolute Gasteiger partial charge is 0.491 e. The molecule has 0 spiro atoms. The van der Waals surface area contributed by atoms with Crippen molar-refractivity contribution in [3.8, 4) is 5.75 Å². The Hall–Kier alpha value is -2.34. The molecule has 25 heavy (non-hydrogen) atoms. The number of benzene rings is 2. The summed E-state index contributed by atoms with van der Waals surface area (Å²) < 4.78 is 6.57. The van der Waals surface area contributed by atoms with Crippen LogP contribution in [0.5, 0.6) is 5.75 Å². The van der Waals surface area contributed by atoms with Gasteiger partial charge in [-0.15, -0.1) is 0 Å². The molecule has 3 N–H and O–H groups in total. The molecule has 1 aliphatic carbocycles. The summed E-state index contributed by atoms with van der Waals surface area (Å²) in [7, 11) is 0. The van der Waals surface area contributed by atoms with E-state index in [4.69, 9.17) is 10.5 Å². The number of hydrogen-bond donors (Lipinski definition) is 2. The Balaban J connectivity index is 1.61. The van der Waals surface area contributed by atoms with E-state index < -0.39 is 5.91 Å². The number of ether oxygens (including phenoxy) is 1. The minimum Gasteiger partial charge on any atom is -0.491 e. The van der Waals surface area contributed by atoms with E-state index in [9.17, 15) is 9.59 Å². The highest BCUT2D eigenvalue weighted by atomic mass is 79.9. The fourth-order valence-electron chi connectivity index (χ4n) is 2.77. The molecule has 0 heterocycles. The molecular formula is C19H19BrN2O3. The van der Waals surface area contributed by atoms with Gasteiger partial charge in [0.1, 0.15) is 5.75 Å². The minimum atomic E-state index is -0.420. The van der Waals surface area contributed by atoms with Crippen LogP contribution in [0.25, 0.3) is 0 Å². The van der Waals surface area contributed by atoms with Gasteiger partial charge in [0, 0.05) is 10.4 Å². The molecule has 1 aliphatic rings. The number of carbonyl (C=O) groups excluding carboxylic acids is 2. The number of halogens is 1. The third kappa shape index (κ3) is 4.60. The summed E-state index contributed by atoms with van der Waals surface area (Å²) in [5.41, 5.74) is 6.89. The van der Waals surface area contributed by atoms with Crippen molar-refractivity contribution in [2.24, 2.45) is 11.7 Å². The number of hydrogen-bond acceptors (Lipinski definition) is 3. The zero-order chi connectivity index (χ0) is 17.8. The number of primary amides is 1. The quantitative estimate of drug-likeness (QED) is 0.743. The average molecular weight is 403 g/mol. The number of para-hydroxylation sites is 2. The van der Waals surface area contributed by atoms with Crippen LogP contribution in [0.3, 0.4) is 0 Å². The van der Waals surface area contributed by atoms with Gasteiger partial charge in [-0.05, 0) is 42.2 Å². The molecule has 2 unspecified atom stereocenters. The van der Waals surface area contributed by atoms with Crippen molar-refractivity contribution in [1.29, 1.82) is 0 Å². The van der Waals surface area contributed by atoms with Crippen molar-refractivity contribution in [3.63, 3.8) is 0 Å².